The fourth-order valence-corrected chi connectivity index (χ4v) is 1.95. The highest BCUT2D eigenvalue weighted by atomic mass is 19.1. The molecule has 0 bridgehead atoms. The summed E-state index contributed by atoms with van der Waals surface area (Å²) in [4.78, 5) is 0. The molecule has 120 valence electrons. The van der Waals surface area contributed by atoms with E-state index < -0.39 is 0 Å². The highest BCUT2D eigenvalue weighted by Gasteiger charge is 2.19. The summed E-state index contributed by atoms with van der Waals surface area (Å²) in [6.45, 7) is 4.38. The van der Waals surface area contributed by atoms with Crippen LogP contribution in [0.2, 0.25) is 0 Å². The van der Waals surface area contributed by atoms with Gasteiger partial charge in [0.05, 0.1) is 19.3 Å². The standard InChI is InChI=1S/C16H26FNO3/c1-3-15(18)16(13-5-7-14(17)8-6-13)21-10-4-9-20-12-11-19-2/h5-8,15-16H,3-4,9-12,18H2,1-2H3. The minimum atomic E-state index is -0.255. The zero-order valence-corrected chi connectivity index (χ0v) is 12.9. The van der Waals surface area contributed by atoms with E-state index >= 15 is 0 Å². The van der Waals surface area contributed by atoms with Gasteiger partial charge in [-0.1, -0.05) is 19.1 Å². The summed E-state index contributed by atoms with van der Waals surface area (Å²) in [6.07, 6.45) is 1.37. The Hall–Kier alpha value is -1.01. The summed E-state index contributed by atoms with van der Waals surface area (Å²) < 4.78 is 29.1. The van der Waals surface area contributed by atoms with Gasteiger partial charge in [0.25, 0.3) is 0 Å². The first-order valence-electron chi connectivity index (χ1n) is 7.38. The third kappa shape index (κ3) is 7.00. The van der Waals surface area contributed by atoms with Crippen LogP contribution in [0.3, 0.4) is 0 Å². The Morgan fingerprint density at radius 1 is 1.10 bits per heavy atom. The molecule has 0 heterocycles. The lowest BCUT2D eigenvalue weighted by Gasteiger charge is -2.24. The van der Waals surface area contributed by atoms with Crippen LogP contribution < -0.4 is 5.73 Å². The summed E-state index contributed by atoms with van der Waals surface area (Å²) in [7, 11) is 1.64. The van der Waals surface area contributed by atoms with Gasteiger partial charge in [-0.05, 0) is 30.5 Å². The molecule has 1 aromatic carbocycles. The van der Waals surface area contributed by atoms with Crippen molar-refractivity contribution in [2.45, 2.75) is 31.9 Å². The molecular weight excluding hydrogens is 273 g/mol. The second-order valence-corrected chi connectivity index (χ2v) is 4.87. The predicted molar refractivity (Wildman–Crippen MR) is 80.7 cm³/mol. The second kappa shape index (κ2) is 10.7. The average molecular weight is 299 g/mol. The Labute approximate surface area is 126 Å². The van der Waals surface area contributed by atoms with Crippen LogP contribution in [0.25, 0.3) is 0 Å². The van der Waals surface area contributed by atoms with Crippen molar-refractivity contribution in [3.8, 4) is 0 Å². The van der Waals surface area contributed by atoms with E-state index in [1.807, 2.05) is 6.92 Å². The molecule has 2 unspecified atom stereocenters. The maximum absolute atomic E-state index is 13.0. The molecule has 1 rings (SSSR count). The fourth-order valence-electron chi connectivity index (χ4n) is 1.95. The van der Waals surface area contributed by atoms with Crippen molar-refractivity contribution in [3.63, 3.8) is 0 Å². The summed E-state index contributed by atoms with van der Waals surface area (Å²) in [5.41, 5.74) is 7.01. The van der Waals surface area contributed by atoms with Gasteiger partial charge in [-0.15, -0.1) is 0 Å². The summed E-state index contributed by atoms with van der Waals surface area (Å²) in [5, 5.41) is 0. The molecule has 0 aliphatic rings. The lowest BCUT2D eigenvalue weighted by atomic mass is 10.0. The van der Waals surface area contributed by atoms with Crippen LogP contribution >= 0.6 is 0 Å². The molecule has 4 nitrogen and oxygen atoms in total. The Balaban J connectivity index is 2.39. The Morgan fingerprint density at radius 2 is 1.81 bits per heavy atom. The number of benzene rings is 1. The van der Waals surface area contributed by atoms with Crippen molar-refractivity contribution >= 4 is 0 Å². The van der Waals surface area contributed by atoms with Gasteiger partial charge in [-0.2, -0.15) is 0 Å². The lowest BCUT2D eigenvalue weighted by molar-refractivity contribution is 0.0112. The summed E-state index contributed by atoms with van der Waals surface area (Å²) >= 11 is 0. The normalized spacial score (nSPS) is 14.1. The Kier molecular flexibility index (Phi) is 9.17. The Bertz CT molecular complexity index is 372. The minimum absolute atomic E-state index is 0.107. The quantitative estimate of drug-likeness (QED) is 0.638. The van der Waals surface area contributed by atoms with E-state index in [0.717, 1.165) is 18.4 Å². The molecule has 0 amide bonds. The van der Waals surface area contributed by atoms with Crippen molar-refractivity contribution in [2.75, 3.05) is 33.5 Å². The van der Waals surface area contributed by atoms with E-state index in [1.165, 1.54) is 12.1 Å². The third-order valence-corrected chi connectivity index (χ3v) is 3.22. The van der Waals surface area contributed by atoms with E-state index in [4.69, 9.17) is 19.9 Å². The summed E-state index contributed by atoms with van der Waals surface area (Å²) in [5.74, 6) is -0.255. The SMILES string of the molecule is CCC(N)C(OCCCOCCOC)c1ccc(F)cc1. The number of rotatable bonds is 11. The monoisotopic (exact) mass is 299 g/mol. The molecule has 2 N–H and O–H groups in total. The molecule has 0 aliphatic heterocycles. The van der Waals surface area contributed by atoms with Gasteiger partial charge in [0.1, 0.15) is 5.82 Å². The van der Waals surface area contributed by atoms with Crippen LogP contribution in [0.5, 0.6) is 0 Å². The molecule has 2 atom stereocenters. The first-order chi connectivity index (χ1) is 10.2. The molecule has 0 fully saturated rings. The maximum atomic E-state index is 13.0. The topological polar surface area (TPSA) is 53.7 Å². The number of ether oxygens (including phenoxy) is 3. The van der Waals surface area contributed by atoms with Crippen LogP contribution in [-0.4, -0.2) is 39.6 Å². The van der Waals surface area contributed by atoms with E-state index in [1.54, 1.807) is 19.2 Å². The van der Waals surface area contributed by atoms with Gasteiger partial charge < -0.3 is 19.9 Å². The number of hydrogen-bond acceptors (Lipinski definition) is 4. The number of halogens is 1. The van der Waals surface area contributed by atoms with E-state index in [9.17, 15) is 4.39 Å². The van der Waals surface area contributed by atoms with Gasteiger partial charge >= 0.3 is 0 Å². The van der Waals surface area contributed by atoms with Gasteiger partial charge in [0, 0.05) is 26.4 Å². The molecule has 0 saturated carbocycles. The molecule has 0 spiro atoms. The number of methoxy groups -OCH3 is 1. The molecule has 1 aromatic rings. The van der Waals surface area contributed by atoms with Crippen molar-refractivity contribution in [1.82, 2.24) is 0 Å². The zero-order chi connectivity index (χ0) is 15.5. The summed E-state index contributed by atoms with van der Waals surface area (Å²) in [6, 6.07) is 6.21. The van der Waals surface area contributed by atoms with Crippen LogP contribution in [0.1, 0.15) is 31.4 Å². The van der Waals surface area contributed by atoms with E-state index in [2.05, 4.69) is 0 Å². The van der Waals surface area contributed by atoms with Gasteiger partial charge in [0.2, 0.25) is 0 Å². The van der Waals surface area contributed by atoms with Crippen LogP contribution in [0.4, 0.5) is 4.39 Å². The number of nitrogens with two attached hydrogens (primary N) is 1. The smallest absolute Gasteiger partial charge is 0.123 e. The zero-order valence-electron chi connectivity index (χ0n) is 12.9. The molecule has 0 aliphatic carbocycles. The molecule has 0 aromatic heterocycles. The molecule has 21 heavy (non-hydrogen) atoms. The minimum Gasteiger partial charge on any atom is -0.382 e. The average Bonchev–Trinajstić information content (AvgIpc) is 2.50. The first-order valence-corrected chi connectivity index (χ1v) is 7.38. The fraction of sp³-hybridized carbons (Fsp3) is 0.625. The Morgan fingerprint density at radius 3 is 2.43 bits per heavy atom. The van der Waals surface area contributed by atoms with E-state index in [-0.39, 0.29) is 18.0 Å². The molecule has 5 heteroatoms. The first kappa shape index (κ1) is 18.0. The van der Waals surface area contributed by atoms with Crippen LogP contribution in [0, 0.1) is 5.82 Å². The third-order valence-electron chi connectivity index (χ3n) is 3.22. The molecule has 0 radical (unpaired) electrons. The van der Waals surface area contributed by atoms with Crippen molar-refractivity contribution in [3.05, 3.63) is 35.6 Å². The van der Waals surface area contributed by atoms with Crippen molar-refractivity contribution in [1.29, 1.82) is 0 Å². The van der Waals surface area contributed by atoms with Gasteiger partial charge in [0.15, 0.2) is 0 Å². The lowest BCUT2D eigenvalue weighted by Crippen LogP contribution is -2.30. The maximum Gasteiger partial charge on any atom is 0.123 e. The highest BCUT2D eigenvalue weighted by Crippen LogP contribution is 2.22. The van der Waals surface area contributed by atoms with Gasteiger partial charge in [-0.25, -0.2) is 4.39 Å². The second-order valence-electron chi connectivity index (χ2n) is 4.87. The van der Waals surface area contributed by atoms with Crippen LogP contribution in [-0.2, 0) is 14.2 Å². The van der Waals surface area contributed by atoms with Crippen LogP contribution in [0.15, 0.2) is 24.3 Å². The van der Waals surface area contributed by atoms with Crippen molar-refractivity contribution < 1.29 is 18.6 Å². The van der Waals surface area contributed by atoms with Gasteiger partial charge in [-0.3, -0.25) is 0 Å². The molecular formula is C16H26FNO3. The van der Waals surface area contributed by atoms with E-state index in [0.29, 0.717) is 26.4 Å². The number of hydrogen-bond donors (Lipinski definition) is 1. The molecule has 0 saturated heterocycles. The largest absolute Gasteiger partial charge is 0.382 e. The predicted octanol–water partition coefficient (Wildman–Crippen LogP) is 2.67. The highest BCUT2D eigenvalue weighted by molar-refractivity contribution is 5.20. The van der Waals surface area contributed by atoms with Crippen molar-refractivity contribution in [2.24, 2.45) is 5.73 Å².